The molecule has 4 nitrogen and oxygen atoms in total. The number of nitrogens with one attached hydrogen (secondary N) is 2. The zero-order valence-electron chi connectivity index (χ0n) is 8.22. The highest BCUT2D eigenvalue weighted by atomic mass is 16.1. The Morgan fingerprint density at radius 3 is 2.85 bits per heavy atom. The van der Waals surface area contributed by atoms with Gasteiger partial charge >= 0.3 is 0 Å². The average Bonchev–Trinajstić information content (AvgIpc) is 2.52. The maximum absolute atomic E-state index is 11.3. The topological polar surface area (TPSA) is 57.8 Å². The molecule has 0 aliphatic rings. The van der Waals surface area contributed by atoms with Crippen LogP contribution in [-0.4, -0.2) is 22.6 Å². The van der Waals surface area contributed by atoms with Crippen LogP contribution < -0.4 is 5.32 Å². The summed E-state index contributed by atoms with van der Waals surface area (Å²) in [5.74, 6) is 0.251. The van der Waals surface area contributed by atoms with Gasteiger partial charge in [0.05, 0.1) is 0 Å². The first kappa shape index (κ1) is 9.77. The van der Waals surface area contributed by atoms with E-state index in [2.05, 4.69) is 29.4 Å². The first-order chi connectivity index (χ1) is 6.15. The Labute approximate surface area is 77.7 Å². The van der Waals surface area contributed by atoms with Gasteiger partial charge in [0, 0.05) is 12.2 Å². The van der Waals surface area contributed by atoms with Gasteiger partial charge < -0.3 is 5.32 Å². The first-order valence-electron chi connectivity index (χ1n) is 4.48. The second-order valence-electron chi connectivity index (χ2n) is 3.22. The number of hydrogen-bond donors (Lipinski definition) is 2. The van der Waals surface area contributed by atoms with Gasteiger partial charge in [-0.2, -0.15) is 5.10 Å². The Bertz CT molecular complexity index is 291. The van der Waals surface area contributed by atoms with E-state index in [9.17, 15) is 4.79 Å². The number of aromatic nitrogens is 2. The summed E-state index contributed by atoms with van der Waals surface area (Å²) in [6.45, 7) is 6.61. The predicted molar refractivity (Wildman–Crippen MR) is 50.7 cm³/mol. The minimum absolute atomic E-state index is 0.120. The zero-order valence-corrected chi connectivity index (χ0v) is 8.22. The van der Waals surface area contributed by atoms with Gasteiger partial charge in [0.1, 0.15) is 5.69 Å². The molecule has 2 N–H and O–H groups in total. The van der Waals surface area contributed by atoms with Gasteiger partial charge in [0.2, 0.25) is 0 Å². The smallest absolute Gasteiger partial charge is 0.271 e. The first-order valence-corrected chi connectivity index (χ1v) is 4.48. The molecular formula is C9H15N3O. The third kappa shape index (κ3) is 2.31. The van der Waals surface area contributed by atoms with Crippen LogP contribution in [0.4, 0.5) is 0 Å². The maximum Gasteiger partial charge on any atom is 0.271 e. The van der Waals surface area contributed by atoms with Crippen molar-refractivity contribution in [2.45, 2.75) is 26.7 Å². The van der Waals surface area contributed by atoms with E-state index in [-0.39, 0.29) is 5.91 Å². The summed E-state index contributed by atoms with van der Waals surface area (Å²) in [6, 6.07) is 1.79. The SMILES string of the molecule is CCNC(=O)c1cc(C(C)C)[nH]n1. The summed E-state index contributed by atoms with van der Waals surface area (Å²) in [7, 11) is 0. The molecule has 4 heteroatoms. The molecule has 0 radical (unpaired) electrons. The van der Waals surface area contributed by atoms with Gasteiger partial charge in [-0.25, -0.2) is 0 Å². The normalized spacial score (nSPS) is 10.5. The molecule has 1 rings (SSSR count). The lowest BCUT2D eigenvalue weighted by molar-refractivity contribution is 0.0951. The van der Waals surface area contributed by atoms with Crippen molar-refractivity contribution in [2.24, 2.45) is 0 Å². The molecule has 72 valence electrons. The van der Waals surface area contributed by atoms with Gasteiger partial charge in [0.25, 0.3) is 5.91 Å². The lowest BCUT2D eigenvalue weighted by atomic mass is 10.1. The summed E-state index contributed by atoms with van der Waals surface area (Å²) in [6.07, 6.45) is 0. The number of amides is 1. The van der Waals surface area contributed by atoms with Crippen molar-refractivity contribution in [3.05, 3.63) is 17.5 Å². The minimum atomic E-state index is -0.120. The Morgan fingerprint density at radius 2 is 2.38 bits per heavy atom. The molecule has 0 aliphatic carbocycles. The number of rotatable bonds is 3. The molecule has 0 aromatic carbocycles. The fourth-order valence-electron chi connectivity index (χ4n) is 1.000. The standard InChI is InChI=1S/C9H15N3O/c1-4-10-9(13)8-5-7(6(2)3)11-12-8/h5-6H,4H2,1-3H3,(H,10,13)(H,11,12). The molecule has 0 fully saturated rings. The van der Waals surface area contributed by atoms with Crippen molar-refractivity contribution in [1.29, 1.82) is 0 Å². The Balaban J connectivity index is 2.73. The minimum Gasteiger partial charge on any atom is -0.351 e. The summed E-state index contributed by atoms with van der Waals surface area (Å²) in [5, 5.41) is 9.45. The molecule has 1 aromatic rings. The van der Waals surface area contributed by atoms with E-state index >= 15 is 0 Å². The largest absolute Gasteiger partial charge is 0.351 e. The van der Waals surface area contributed by atoms with Crippen molar-refractivity contribution in [3.8, 4) is 0 Å². The van der Waals surface area contributed by atoms with Crippen molar-refractivity contribution < 1.29 is 4.79 Å². The Kier molecular flexibility index (Phi) is 3.06. The van der Waals surface area contributed by atoms with Crippen LogP contribution in [0.2, 0.25) is 0 Å². The van der Waals surface area contributed by atoms with Crippen LogP contribution in [0.15, 0.2) is 6.07 Å². The van der Waals surface area contributed by atoms with Crippen LogP contribution in [0.3, 0.4) is 0 Å². The van der Waals surface area contributed by atoms with Crippen molar-refractivity contribution in [1.82, 2.24) is 15.5 Å². The number of carbonyl (C=O) groups excluding carboxylic acids is 1. The number of H-pyrrole nitrogens is 1. The highest BCUT2D eigenvalue weighted by Gasteiger charge is 2.10. The van der Waals surface area contributed by atoms with E-state index in [1.54, 1.807) is 6.07 Å². The van der Waals surface area contributed by atoms with Crippen LogP contribution in [0.1, 0.15) is 42.9 Å². The number of carbonyl (C=O) groups is 1. The van der Waals surface area contributed by atoms with Crippen LogP contribution >= 0.6 is 0 Å². The third-order valence-electron chi connectivity index (χ3n) is 1.79. The number of nitrogens with zero attached hydrogens (tertiary/aromatic N) is 1. The van der Waals surface area contributed by atoms with E-state index in [4.69, 9.17) is 0 Å². The molecule has 1 heterocycles. The van der Waals surface area contributed by atoms with Crippen molar-refractivity contribution in [2.75, 3.05) is 6.54 Å². The Hall–Kier alpha value is -1.32. The van der Waals surface area contributed by atoms with Gasteiger partial charge in [0.15, 0.2) is 0 Å². The van der Waals surface area contributed by atoms with Gasteiger partial charge in [-0.05, 0) is 18.9 Å². The molecule has 0 bridgehead atoms. The Morgan fingerprint density at radius 1 is 1.69 bits per heavy atom. The van der Waals surface area contributed by atoms with E-state index < -0.39 is 0 Å². The average molecular weight is 181 g/mol. The zero-order chi connectivity index (χ0) is 9.84. The molecule has 0 unspecified atom stereocenters. The molecule has 0 aliphatic heterocycles. The van der Waals surface area contributed by atoms with E-state index in [1.807, 2.05) is 6.92 Å². The lowest BCUT2D eigenvalue weighted by Crippen LogP contribution is -2.22. The van der Waals surface area contributed by atoms with E-state index in [0.29, 0.717) is 18.2 Å². The fourth-order valence-corrected chi connectivity index (χ4v) is 1.000. The third-order valence-corrected chi connectivity index (χ3v) is 1.79. The summed E-state index contributed by atoms with van der Waals surface area (Å²) in [5.41, 5.74) is 1.45. The van der Waals surface area contributed by atoms with Crippen molar-refractivity contribution in [3.63, 3.8) is 0 Å². The molecule has 13 heavy (non-hydrogen) atoms. The molecule has 0 atom stereocenters. The fraction of sp³-hybridized carbons (Fsp3) is 0.556. The molecule has 1 amide bonds. The highest BCUT2D eigenvalue weighted by Crippen LogP contribution is 2.11. The predicted octanol–water partition coefficient (Wildman–Crippen LogP) is 1.28. The second kappa shape index (κ2) is 4.07. The maximum atomic E-state index is 11.3. The number of aromatic amines is 1. The molecule has 1 aromatic heterocycles. The molecule has 0 saturated heterocycles. The monoisotopic (exact) mass is 181 g/mol. The number of hydrogen-bond acceptors (Lipinski definition) is 2. The van der Waals surface area contributed by atoms with Crippen LogP contribution in [0.25, 0.3) is 0 Å². The summed E-state index contributed by atoms with van der Waals surface area (Å²) < 4.78 is 0. The lowest BCUT2D eigenvalue weighted by Gasteiger charge is -1.97. The van der Waals surface area contributed by atoms with Gasteiger partial charge in [-0.1, -0.05) is 13.8 Å². The molecule has 0 spiro atoms. The van der Waals surface area contributed by atoms with E-state index in [1.165, 1.54) is 0 Å². The highest BCUT2D eigenvalue weighted by molar-refractivity contribution is 5.92. The second-order valence-corrected chi connectivity index (χ2v) is 3.22. The van der Waals surface area contributed by atoms with E-state index in [0.717, 1.165) is 5.69 Å². The van der Waals surface area contributed by atoms with Crippen LogP contribution in [-0.2, 0) is 0 Å². The quantitative estimate of drug-likeness (QED) is 0.738. The molecule has 0 saturated carbocycles. The summed E-state index contributed by atoms with van der Waals surface area (Å²) in [4.78, 5) is 11.3. The van der Waals surface area contributed by atoms with Crippen LogP contribution in [0, 0.1) is 0 Å². The van der Waals surface area contributed by atoms with Gasteiger partial charge in [-0.15, -0.1) is 0 Å². The molecular weight excluding hydrogens is 166 g/mol. The summed E-state index contributed by atoms with van der Waals surface area (Å²) >= 11 is 0. The van der Waals surface area contributed by atoms with Gasteiger partial charge in [-0.3, -0.25) is 9.89 Å². The van der Waals surface area contributed by atoms with Crippen molar-refractivity contribution >= 4 is 5.91 Å². The van der Waals surface area contributed by atoms with Crippen LogP contribution in [0.5, 0.6) is 0 Å².